The Bertz CT molecular complexity index is 501. The molecule has 0 aromatic heterocycles. The molecule has 0 aromatic carbocycles. The van der Waals surface area contributed by atoms with E-state index in [1.54, 1.807) is 0 Å². The average molecular weight is 581 g/mol. The van der Waals surface area contributed by atoms with Crippen molar-refractivity contribution in [1.29, 1.82) is 0 Å². The van der Waals surface area contributed by atoms with Gasteiger partial charge in [-0.05, 0) is 0 Å². The van der Waals surface area contributed by atoms with E-state index in [0.29, 0.717) is 0 Å². The maximum absolute atomic E-state index is 8.74. The molecule has 8 nitrogen and oxygen atoms in total. The van der Waals surface area contributed by atoms with Crippen LogP contribution in [0.3, 0.4) is 0 Å². The first-order valence-corrected chi connectivity index (χ1v) is 19.8. The predicted molar refractivity (Wildman–Crippen MR) is 153 cm³/mol. The molecular weight excluding hydrogens is 526 g/mol. The third kappa shape index (κ3) is 91.3. The Morgan fingerprint density at radius 3 is 0.667 bits per heavy atom. The van der Waals surface area contributed by atoms with Crippen molar-refractivity contribution in [1.82, 2.24) is 0 Å². The number of hydrogen-bond donors (Lipinski definition) is 4. The molecular formula is C24H54Na2O8S2. The van der Waals surface area contributed by atoms with Gasteiger partial charge in [0, 0.05) is 0 Å². The summed E-state index contributed by atoms with van der Waals surface area (Å²) in [7, 11) is -9.33. The van der Waals surface area contributed by atoms with Crippen LogP contribution in [0.25, 0.3) is 0 Å². The van der Waals surface area contributed by atoms with E-state index < -0.39 is 20.8 Å². The fourth-order valence-corrected chi connectivity index (χ4v) is 4.47. The molecule has 0 amide bonds. The summed E-state index contributed by atoms with van der Waals surface area (Å²) in [5, 5.41) is 0. The molecule has 212 valence electrons. The molecule has 0 aliphatic carbocycles. The maximum atomic E-state index is 8.74. The third-order valence-corrected chi connectivity index (χ3v) is 6.83. The normalized spacial score (nSPS) is 10.9. The van der Waals surface area contributed by atoms with E-state index in [9.17, 15) is 0 Å². The van der Waals surface area contributed by atoms with Gasteiger partial charge in [0.1, 0.15) is 0 Å². The van der Waals surface area contributed by atoms with Crippen LogP contribution in [0.1, 0.15) is 142 Å². The van der Waals surface area contributed by atoms with Crippen LogP contribution in [0, 0.1) is 0 Å². The Hall–Kier alpha value is 1.74. The van der Waals surface area contributed by atoms with Crippen molar-refractivity contribution in [3.05, 3.63) is 0 Å². The summed E-state index contributed by atoms with van der Waals surface area (Å²) < 4.78 is 66.2. The van der Waals surface area contributed by atoms with Gasteiger partial charge < -0.3 is 0 Å². The smallest absolute Gasteiger partial charge is 0.264 e. The van der Waals surface area contributed by atoms with Crippen LogP contribution in [0.2, 0.25) is 7.34 Å². The molecule has 0 radical (unpaired) electrons. The van der Waals surface area contributed by atoms with E-state index in [1.165, 1.54) is 192 Å². The van der Waals surface area contributed by atoms with E-state index in [0.717, 1.165) is 0 Å². The van der Waals surface area contributed by atoms with Crippen LogP contribution in [-0.4, -0.2) is 90.9 Å². The quantitative estimate of drug-likeness (QED) is 0.0650. The summed E-state index contributed by atoms with van der Waals surface area (Å²) in [4.78, 5) is 0. The van der Waals surface area contributed by atoms with Gasteiger partial charge in [0.2, 0.25) is 0 Å². The standard InChI is InChI=1S/2C12H25.2Na.2H2O4S/c2*1-3-5-7-9-11-12-10-8-6-4-2;;;2*1-5(2,3)4/h2*1,3-12H2,2H3;;;2*(H2,1,2,3,4). The molecule has 0 aliphatic rings. The van der Waals surface area contributed by atoms with Crippen molar-refractivity contribution in [2.45, 2.75) is 150 Å². The fourth-order valence-electron chi connectivity index (χ4n) is 3.47. The summed E-state index contributed by atoms with van der Waals surface area (Å²) in [6, 6.07) is 0. The van der Waals surface area contributed by atoms with Crippen LogP contribution in [-0.2, 0) is 20.8 Å². The van der Waals surface area contributed by atoms with Crippen molar-refractivity contribution in [2.24, 2.45) is 0 Å². The fraction of sp³-hybridized carbons (Fsp3) is 1.00. The Labute approximate surface area is 258 Å². The number of unbranched alkanes of at least 4 members (excludes halogenated alkanes) is 18. The first-order chi connectivity index (χ1) is 16.8. The van der Waals surface area contributed by atoms with Crippen molar-refractivity contribution in [3.63, 3.8) is 0 Å². The zero-order valence-electron chi connectivity index (χ0n) is 23.8. The second-order valence-electron chi connectivity index (χ2n) is 9.26. The SMILES string of the molecule is CCCCCCCCCCC[CH2][Na].CCCCCCCCCCC[CH2][Na].O=S(=O)(O)O.O=S(=O)(O)O. The van der Waals surface area contributed by atoms with Crippen LogP contribution >= 0.6 is 0 Å². The molecule has 0 aliphatic heterocycles. The molecule has 0 rings (SSSR count). The maximum Gasteiger partial charge on any atom is 0.394 e. The van der Waals surface area contributed by atoms with Gasteiger partial charge in [0.05, 0.1) is 0 Å². The Balaban J connectivity index is -0.000000208. The molecule has 0 aromatic rings. The summed E-state index contributed by atoms with van der Waals surface area (Å²) in [5.41, 5.74) is 0. The van der Waals surface area contributed by atoms with Crippen LogP contribution in [0.4, 0.5) is 0 Å². The van der Waals surface area contributed by atoms with Gasteiger partial charge in [-0.2, -0.15) is 16.8 Å². The first-order valence-electron chi connectivity index (χ1n) is 14.2. The molecule has 0 unspecified atom stereocenters. The van der Waals surface area contributed by atoms with Crippen LogP contribution in [0.15, 0.2) is 0 Å². The summed E-state index contributed by atoms with van der Waals surface area (Å²) >= 11 is 2.82. The van der Waals surface area contributed by atoms with Crippen molar-refractivity contribution < 1.29 is 35.0 Å². The summed E-state index contributed by atoms with van der Waals surface area (Å²) in [5.74, 6) is 0. The monoisotopic (exact) mass is 580 g/mol. The largest absolute Gasteiger partial charge is 0.394 e. The Morgan fingerprint density at radius 1 is 0.389 bits per heavy atom. The zero-order chi connectivity index (χ0) is 28.6. The third-order valence-electron chi connectivity index (χ3n) is 5.41. The minimum Gasteiger partial charge on any atom is -0.264 e. The Morgan fingerprint density at radius 2 is 0.528 bits per heavy atom. The summed E-state index contributed by atoms with van der Waals surface area (Å²) in [6.45, 7) is 4.57. The van der Waals surface area contributed by atoms with E-state index >= 15 is 0 Å². The van der Waals surface area contributed by atoms with Gasteiger partial charge in [-0.1, -0.05) is 0 Å². The van der Waals surface area contributed by atoms with E-state index in [2.05, 4.69) is 13.8 Å². The van der Waals surface area contributed by atoms with Gasteiger partial charge in [-0.25, -0.2) is 0 Å². The average Bonchev–Trinajstić information content (AvgIpc) is 2.75. The van der Waals surface area contributed by atoms with Crippen molar-refractivity contribution in [3.8, 4) is 0 Å². The van der Waals surface area contributed by atoms with Crippen LogP contribution in [0.5, 0.6) is 0 Å². The zero-order valence-corrected chi connectivity index (χ0v) is 29.4. The van der Waals surface area contributed by atoms with Crippen molar-refractivity contribution >= 4 is 76.7 Å². The number of rotatable bonds is 20. The molecule has 0 heterocycles. The van der Waals surface area contributed by atoms with Crippen LogP contribution < -0.4 is 0 Å². The molecule has 0 atom stereocenters. The molecule has 0 bridgehead atoms. The molecule has 4 N–H and O–H groups in total. The second-order valence-corrected chi connectivity index (χ2v) is 13.1. The molecule has 12 heteroatoms. The Kier molecular flexibility index (Phi) is 45.7. The van der Waals surface area contributed by atoms with E-state index in [1.807, 2.05) is 0 Å². The molecule has 0 fully saturated rings. The predicted octanol–water partition coefficient (Wildman–Crippen LogP) is 7.68. The summed E-state index contributed by atoms with van der Waals surface area (Å²) in [6.07, 6.45) is 29.5. The minimum absolute atomic E-state index is 1.38. The van der Waals surface area contributed by atoms with E-state index in [-0.39, 0.29) is 0 Å². The van der Waals surface area contributed by atoms with Crippen molar-refractivity contribution in [2.75, 3.05) is 0 Å². The van der Waals surface area contributed by atoms with Gasteiger partial charge in [0.15, 0.2) is 0 Å². The molecule has 0 saturated heterocycles. The topological polar surface area (TPSA) is 149 Å². The first kappa shape index (κ1) is 44.7. The van der Waals surface area contributed by atoms with Gasteiger partial charge in [0.25, 0.3) is 0 Å². The minimum atomic E-state index is -4.67. The van der Waals surface area contributed by atoms with Gasteiger partial charge >= 0.3 is 226 Å². The molecule has 0 spiro atoms. The molecule has 0 saturated carbocycles. The second kappa shape index (κ2) is 36.7. The number of hydrogen-bond acceptors (Lipinski definition) is 4. The molecule has 36 heavy (non-hydrogen) atoms. The van der Waals surface area contributed by atoms with E-state index in [4.69, 9.17) is 35.0 Å². The van der Waals surface area contributed by atoms with Gasteiger partial charge in [-0.15, -0.1) is 0 Å². The van der Waals surface area contributed by atoms with Gasteiger partial charge in [-0.3, -0.25) is 18.2 Å².